The third kappa shape index (κ3) is 3.00. The Morgan fingerprint density at radius 2 is 2.40 bits per heavy atom. The predicted molar refractivity (Wildman–Crippen MR) is 60.3 cm³/mol. The molecule has 15 heavy (non-hydrogen) atoms. The summed E-state index contributed by atoms with van der Waals surface area (Å²) in [5.74, 6) is 3.36. The van der Waals surface area contributed by atoms with Gasteiger partial charge < -0.3 is 4.90 Å². The first-order valence-electron chi connectivity index (χ1n) is 4.86. The van der Waals surface area contributed by atoms with Gasteiger partial charge in [0.2, 0.25) is 0 Å². The van der Waals surface area contributed by atoms with Crippen molar-refractivity contribution < 1.29 is 0 Å². The fraction of sp³-hybridized carbons (Fsp3) is 0.333. The molecular weight excluding hydrogens is 186 g/mol. The zero-order chi connectivity index (χ0) is 11.1. The maximum Gasteiger partial charge on any atom is 0.130 e. The number of hydrogen-bond acceptors (Lipinski definition) is 3. The van der Waals surface area contributed by atoms with Gasteiger partial charge in [-0.25, -0.2) is 4.98 Å². The van der Waals surface area contributed by atoms with E-state index in [1.54, 1.807) is 18.3 Å². The third-order valence-electron chi connectivity index (χ3n) is 1.97. The van der Waals surface area contributed by atoms with Crippen LogP contribution in [0.3, 0.4) is 0 Å². The van der Waals surface area contributed by atoms with Crippen molar-refractivity contribution in [2.24, 2.45) is 0 Å². The molecule has 1 heterocycles. The Kier molecular flexibility index (Phi) is 4.19. The smallest absolute Gasteiger partial charge is 0.130 e. The van der Waals surface area contributed by atoms with Crippen LogP contribution in [0.4, 0.5) is 5.82 Å². The zero-order valence-corrected chi connectivity index (χ0v) is 8.77. The average molecular weight is 199 g/mol. The largest absolute Gasteiger partial charge is 0.345 e. The number of nitriles is 1. The molecule has 0 bridgehead atoms. The summed E-state index contributed by atoms with van der Waals surface area (Å²) in [5.41, 5.74) is 0.609. The normalized spacial score (nSPS) is 9.00. The molecule has 1 aromatic rings. The monoisotopic (exact) mass is 199 g/mol. The van der Waals surface area contributed by atoms with E-state index in [-0.39, 0.29) is 0 Å². The highest BCUT2D eigenvalue weighted by molar-refractivity contribution is 5.45. The lowest BCUT2D eigenvalue weighted by Crippen LogP contribution is -2.25. The van der Waals surface area contributed by atoms with E-state index in [1.165, 1.54) is 0 Å². The lowest BCUT2D eigenvalue weighted by molar-refractivity contribution is 0.809. The van der Waals surface area contributed by atoms with Crippen LogP contribution in [0.5, 0.6) is 0 Å². The fourth-order valence-corrected chi connectivity index (χ4v) is 1.32. The van der Waals surface area contributed by atoms with E-state index >= 15 is 0 Å². The number of hydrogen-bond donors (Lipinski definition) is 0. The molecule has 0 fully saturated rings. The lowest BCUT2D eigenvalue weighted by Gasteiger charge is -2.20. The molecule has 3 heteroatoms. The molecular formula is C12H13N3. The Balaban J connectivity index is 2.91. The molecule has 0 unspecified atom stereocenters. The van der Waals surface area contributed by atoms with Crippen molar-refractivity contribution in [2.75, 3.05) is 18.0 Å². The minimum absolute atomic E-state index is 0.524. The first kappa shape index (κ1) is 11.1. The van der Waals surface area contributed by atoms with Crippen LogP contribution < -0.4 is 4.90 Å². The molecule has 0 aliphatic heterocycles. The number of aromatic nitrogens is 1. The van der Waals surface area contributed by atoms with Gasteiger partial charge in [0.25, 0.3) is 0 Å². The highest BCUT2D eigenvalue weighted by atomic mass is 15.2. The molecule has 0 atom stereocenters. The van der Waals surface area contributed by atoms with E-state index in [4.69, 9.17) is 11.7 Å². The minimum atomic E-state index is 0.524. The lowest BCUT2D eigenvalue weighted by atomic mass is 10.2. The minimum Gasteiger partial charge on any atom is -0.345 e. The van der Waals surface area contributed by atoms with Crippen molar-refractivity contribution in [1.82, 2.24) is 4.98 Å². The molecule has 1 rings (SSSR count). The van der Waals surface area contributed by atoms with Crippen molar-refractivity contribution in [3.63, 3.8) is 0 Å². The van der Waals surface area contributed by atoms with Crippen LogP contribution in [-0.2, 0) is 0 Å². The fourth-order valence-electron chi connectivity index (χ4n) is 1.32. The molecule has 0 saturated carbocycles. The number of anilines is 1. The zero-order valence-electron chi connectivity index (χ0n) is 8.77. The maximum atomic E-state index is 8.77. The van der Waals surface area contributed by atoms with Crippen molar-refractivity contribution in [2.45, 2.75) is 13.3 Å². The summed E-state index contributed by atoms with van der Waals surface area (Å²) < 4.78 is 0. The molecule has 0 N–H and O–H groups in total. The van der Waals surface area contributed by atoms with Crippen LogP contribution in [0.1, 0.15) is 18.9 Å². The summed E-state index contributed by atoms with van der Waals surface area (Å²) in [4.78, 5) is 6.19. The molecule has 0 amide bonds. The van der Waals surface area contributed by atoms with Gasteiger partial charge in [-0.2, -0.15) is 5.26 Å². The molecule has 0 aliphatic rings. The van der Waals surface area contributed by atoms with Gasteiger partial charge in [-0.15, -0.1) is 6.42 Å². The standard InChI is InChI=1S/C12H13N3/c1-3-7-15(8-4-2)12-9-11(10-13)5-6-14-12/h1,5-6,9H,4,7-8H2,2H3. The number of pyridine rings is 1. The Hall–Kier alpha value is -2.00. The summed E-state index contributed by atoms with van der Waals surface area (Å²) in [5, 5.41) is 8.77. The molecule has 1 aromatic heterocycles. The van der Waals surface area contributed by atoms with Crippen LogP contribution in [0.2, 0.25) is 0 Å². The topological polar surface area (TPSA) is 39.9 Å². The van der Waals surface area contributed by atoms with Crippen molar-refractivity contribution in [3.05, 3.63) is 23.9 Å². The van der Waals surface area contributed by atoms with E-state index in [9.17, 15) is 0 Å². The van der Waals surface area contributed by atoms with Gasteiger partial charge in [-0.1, -0.05) is 12.8 Å². The molecule has 3 nitrogen and oxygen atoms in total. The van der Waals surface area contributed by atoms with Gasteiger partial charge in [0.05, 0.1) is 18.2 Å². The van der Waals surface area contributed by atoms with Crippen LogP contribution in [0, 0.1) is 23.7 Å². The molecule has 0 aromatic carbocycles. The summed E-state index contributed by atoms with van der Waals surface area (Å²) >= 11 is 0. The maximum absolute atomic E-state index is 8.77. The van der Waals surface area contributed by atoms with Crippen LogP contribution in [0.25, 0.3) is 0 Å². The number of nitrogens with zero attached hydrogens (tertiary/aromatic N) is 3. The van der Waals surface area contributed by atoms with Gasteiger partial charge in [-0.3, -0.25) is 0 Å². The number of terminal acetylenes is 1. The van der Waals surface area contributed by atoms with Crippen LogP contribution >= 0.6 is 0 Å². The second kappa shape index (κ2) is 5.67. The third-order valence-corrected chi connectivity index (χ3v) is 1.97. The first-order chi connectivity index (χ1) is 7.31. The Morgan fingerprint density at radius 1 is 1.60 bits per heavy atom. The molecule has 76 valence electrons. The van der Waals surface area contributed by atoms with Crippen molar-refractivity contribution >= 4 is 5.82 Å². The Labute approximate surface area is 90.4 Å². The number of rotatable bonds is 4. The second-order valence-corrected chi connectivity index (χ2v) is 3.14. The van der Waals surface area contributed by atoms with Crippen molar-refractivity contribution in [1.29, 1.82) is 5.26 Å². The summed E-state index contributed by atoms with van der Waals surface area (Å²) in [6.07, 6.45) is 7.92. The predicted octanol–water partition coefficient (Wildman–Crippen LogP) is 1.80. The highest BCUT2D eigenvalue weighted by Gasteiger charge is 2.05. The van der Waals surface area contributed by atoms with Gasteiger partial charge >= 0.3 is 0 Å². The van der Waals surface area contributed by atoms with Gasteiger partial charge in [0.15, 0.2) is 0 Å². The van der Waals surface area contributed by atoms with Gasteiger partial charge in [0, 0.05) is 12.7 Å². The summed E-state index contributed by atoms with van der Waals surface area (Å²) in [6.45, 7) is 3.46. The van der Waals surface area contributed by atoms with E-state index < -0.39 is 0 Å². The molecule has 0 radical (unpaired) electrons. The van der Waals surface area contributed by atoms with E-state index in [2.05, 4.69) is 23.9 Å². The quantitative estimate of drug-likeness (QED) is 0.694. The Morgan fingerprint density at radius 3 is 3.00 bits per heavy atom. The first-order valence-corrected chi connectivity index (χ1v) is 4.86. The SMILES string of the molecule is C#CCN(CCC)c1cc(C#N)ccn1. The summed E-state index contributed by atoms with van der Waals surface area (Å²) in [6, 6.07) is 5.53. The van der Waals surface area contributed by atoms with E-state index in [0.29, 0.717) is 12.1 Å². The Bertz CT molecular complexity index is 398. The highest BCUT2D eigenvalue weighted by Crippen LogP contribution is 2.12. The molecule has 0 spiro atoms. The van der Waals surface area contributed by atoms with E-state index in [1.807, 2.05) is 4.90 Å². The molecule has 0 aliphatic carbocycles. The average Bonchev–Trinajstić information content (AvgIpc) is 2.29. The molecule has 0 saturated heterocycles. The van der Waals surface area contributed by atoms with Gasteiger partial charge in [0.1, 0.15) is 5.82 Å². The van der Waals surface area contributed by atoms with Crippen molar-refractivity contribution in [3.8, 4) is 18.4 Å². The van der Waals surface area contributed by atoms with Crippen LogP contribution in [-0.4, -0.2) is 18.1 Å². The second-order valence-electron chi connectivity index (χ2n) is 3.14. The van der Waals surface area contributed by atoms with Crippen LogP contribution in [0.15, 0.2) is 18.3 Å². The van der Waals surface area contributed by atoms with E-state index in [0.717, 1.165) is 18.8 Å². The van der Waals surface area contributed by atoms with Gasteiger partial charge in [-0.05, 0) is 18.6 Å². The summed E-state index contributed by atoms with van der Waals surface area (Å²) in [7, 11) is 0.